The van der Waals surface area contributed by atoms with Crippen LogP contribution in [0.2, 0.25) is 0 Å². The van der Waals surface area contributed by atoms with E-state index in [9.17, 15) is 0 Å². The van der Waals surface area contributed by atoms with Gasteiger partial charge in [0.25, 0.3) is 0 Å². The third kappa shape index (κ3) is 4.76. The van der Waals surface area contributed by atoms with Crippen LogP contribution in [-0.4, -0.2) is 6.16 Å². The molecule has 0 saturated carbocycles. The lowest BCUT2D eigenvalue weighted by atomic mass is 10.1. The third-order valence-electron chi connectivity index (χ3n) is 5.24. The first-order chi connectivity index (χ1) is 13.4. The van der Waals surface area contributed by atoms with Crippen LogP contribution in [0.25, 0.3) is 0 Å². The largest absolute Gasteiger partial charge is 0.112 e. The van der Waals surface area contributed by atoms with Crippen LogP contribution in [0.15, 0.2) is 104 Å². The Morgan fingerprint density at radius 3 is 1.37 bits per heavy atom. The summed E-state index contributed by atoms with van der Waals surface area (Å²) in [5.41, 5.74) is 0. The lowest BCUT2D eigenvalue weighted by Crippen LogP contribution is -2.33. The molecule has 0 aliphatic rings. The van der Waals surface area contributed by atoms with E-state index in [2.05, 4.69) is 97.6 Å². The predicted octanol–water partition coefficient (Wildman–Crippen LogP) is 6.12. The molecule has 0 saturated heterocycles. The van der Waals surface area contributed by atoms with Crippen LogP contribution in [0, 0.1) is 0 Å². The van der Waals surface area contributed by atoms with Gasteiger partial charge in [-0.2, -0.15) is 0 Å². The first kappa shape index (κ1) is 19.6. The molecule has 0 spiro atoms. The average Bonchev–Trinajstić information content (AvgIpc) is 2.75. The van der Waals surface area contributed by atoms with E-state index >= 15 is 0 Å². The van der Waals surface area contributed by atoms with Crippen molar-refractivity contribution in [2.75, 3.05) is 6.16 Å². The van der Waals surface area contributed by atoms with Crippen molar-refractivity contribution in [1.82, 2.24) is 0 Å². The number of rotatable bonds is 10. The van der Waals surface area contributed by atoms with Gasteiger partial charge in [-0.15, -0.1) is 6.58 Å². The summed E-state index contributed by atoms with van der Waals surface area (Å²) in [6.07, 6.45) is 9.53. The summed E-state index contributed by atoms with van der Waals surface area (Å²) in [5.74, 6) is 0. The number of unbranched alkanes of at least 4 members (excludes halogenated alkanes) is 4. The Bertz CT molecular complexity index is 697. The summed E-state index contributed by atoms with van der Waals surface area (Å²) >= 11 is 0. The smallest absolute Gasteiger partial charge is 0.103 e. The molecule has 0 fully saturated rings. The molecule has 0 aromatic heterocycles. The fraction of sp³-hybridized carbons (Fsp3) is 0.231. The molecule has 1 heteroatoms. The molecule has 0 N–H and O–H groups in total. The summed E-state index contributed by atoms with van der Waals surface area (Å²) in [6, 6.07) is 33.6. The fourth-order valence-corrected chi connectivity index (χ4v) is 8.28. The SMILES string of the molecule is C=CCCCCCC[P+](c1ccccc1)(c1ccccc1)c1ccccc1. The van der Waals surface area contributed by atoms with Crippen LogP contribution in [0.3, 0.4) is 0 Å². The molecule has 0 unspecified atom stereocenters. The Morgan fingerprint density at radius 2 is 0.963 bits per heavy atom. The summed E-state index contributed by atoms with van der Waals surface area (Å²) in [6.45, 7) is 3.84. The molecule has 0 heterocycles. The Balaban J connectivity index is 1.99. The number of allylic oxidation sites excluding steroid dienone is 1. The van der Waals surface area contributed by atoms with Crippen LogP contribution < -0.4 is 15.9 Å². The van der Waals surface area contributed by atoms with Crippen molar-refractivity contribution in [2.45, 2.75) is 32.1 Å². The van der Waals surface area contributed by atoms with Crippen molar-refractivity contribution in [3.63, 3.8) is 0 Å². The van der Waals surface area contributed by atoms with Gasteiger partial charge in [-0.3, -0.25) is 0 Å². The highest BCUT2D eigenvalue weighted by molar-refractivity contribution is 7.95. The van der Waals surface area contributed by atoms with E-state index in [1.165, 1.54) is 47.8 Å². The standard InChI is InChI=1S/C26H30P/c1-2-3-4-5-6-16-23-27(24-17-10-7-11-18-24,25-19-12-8-13-20-25)26-21-14-9-15-22-26/h2,7-15,17-22H,1,3-6,16,23H2/q+1. The van der Waals surface area contributed by atoms with Gasteiger partial charge in [-0.05, 0) is 62.1 Å². The van der Waals surface area contributed by atoms with Crippen LogP contribution in [0.4, 0.5) is 0 Å². The topological polar surface area (TPSA) is 0 Å². The molecular formula is C26H30P+. The van der Waals surface area contributed by atoms with Gasteiger partial charge in [0.15, 0.2) is 0 Å². The molecule has 138 valence electrons. The molecule has 0 aliphatic carbocycles. The fourth-order valence-electron chi connectivity index (χ4n) is 3.87. The zero-order chi connectivity index (χ0) is 18.8. The molecule has 3 rings (SSSR count). The molecule has 0 atom stereocenters. The maximum Gasteiger partial charge on any atom is 0.112 e. The van der Waals surface area contributed by atoms with Crippen molar-refractivity contribution in [3.8, 4) is 0 Å². The Hall–Kier alpha value is -2.17. The molecule has 3 aromatic carbocycles. The first-order valence-corrected chi connectivity index (χ1v) is 12.0. The van der Waals surface area contributed by atoms with Gasteiger partial charge in [-0.1, -0.05) is 67.1 Å². The average molecular weight is 374 g/mol. The number of hydrogen-bond donors (Lipinski definition) is 0. The lowest BCUT2D eigenvalue weighted by molar-refractivity contribution is 0.677. The van der Waals surface area contributed by atoms with Crippen molar-refractivity contribution in [3.05, 3.63) is 104 Å². The Kier molecular flexibility index (Phi) is 7.43. The molecule has 0 bridgehead atoms. The second kappa shape index (κ2) is 10.2. The van der Waals surface area contributed by atoms with E-state index in [-0.39, 0.29) is 0 Å². The second-order valence-electron chi connectivity index (χ2n) is 7.03. The van der Waals surface area contributed by atoms with Crippen LogP contribution in [-0.2, 0) is 0 Å². The van der Waals surface area contributed by atoms with E-state index in [1.807, 2.05) is 6.08 Å². The maximum absolute atomic E-state index is 3.84. The molecule has 0 nitrogen and oxygen atoms in total. The second-order valence-corrected chi connectivity index (χ2v) is 10.6. The molecule has 3 aromatic rings. The van der Waals surface area contributed by atoms with Gasteiger partial charge >= 0.3 is 0 Å². The van der Waals surface area contributed by atoms with Crippen molar-refractivity contribution in [1.29, 1.82) is 0 Å². The highest BCUT2D eigenvalue weighted by Gasteiger charge is 2.44. The normalized spacial score (nSPS) is 11.3. The van der Waals surface area contributed by atoms with E-state index in [0.717, 1.165) is 6.42 Å². The van der Waals surface area contributed by atoms with Crippen LogP contribution in [0.1, 0.15) is 32.1 Å². The summed E-state index contributed by atoms with van der Waals surface area (Å²) in [5, 5.41) is 4.48. The summed E-state index contributed by atoms with van der Waals surface area (Å²) in [4.78, 5) is 0. The van der Waals surface area contributed by atoms with Gasteiger partial charge in [0.2, 0.25) is 0 Å². The van der Waals surface area contributed by atoms with E-state index in [4.69, 9.17) is 0 Å². The van der Waals surface area contributed by atoms with Crippen LogP contribution in [0.5, 0.6) is 0 Å². The molecule has 0 radical (unpaired) electrons. The lowest BCUT2D eigenvalue weighted by Gasteiger charge is -2.27. The van der Waals surface area contributed by atoms with Gasteiger partial charge in [0.05, 0.1) is 6.16 Å². The van der Waals surface area contributed by atoms with E-state index in [1.54, 1.807) is 0 Å². The number of benzene rings is 3. The zero-order valence-electron chi connectivity index (χ0n) is 16.1. The van der Waals surface area contributed by atoms with Gasteiger partial charge in [-0.25, -0.2) is 0 Å². The minimum Gasteiger partial charge on any atom is -0.103 e. The maximum atomic E-state index is 3.84. The molecule has 0 aliphatic heterocycles. The third-order valence-corrected chi connectivity index (χ3v) is 9.77. The van der Waals surface area contributed by atoms with Crippen LogP contribution >= 0.6 is 7.26 Å². The van der Waals surface area contributed by atoms with Gasteiger partial charge < -0.3 is 0 Å². The minimum absolute atomic E-state index is 1.14. The molecule has 27 heavy (non-hydrogen) atoms. The quantitative estimate of drug-likeness (QED) is 0.228. The predicted molar refractivity (Wildman–Crippen MR) is 123 cm³/mol. The minimum atomic E-state index is -1.63. The number of hydrogen-bond acceptors (Lipinski definition) is 0. The summed E-state index contributed by atoms with van der Waals surface area (Å²) in [7, 11) is -1.63. The summed E-state index contributed by atoms with van der Waals surface area (Å²) < 4.78 is 0. The highest BCUT2D eigenvalue weighted by atomic mass is 31.2. The highest BCUT2D eigenvalue weighted by Crippen LogP contribution is 2.55. The van der Waals surface area contributed by atoms with Crippen molar-refractivity contribution in [2.24, 2.45) is 0 Å². The van der Waals surface area contributed by atoms with Crippen molar-refractivity contribution < 1.29 is 0 Å². The van der Waals surface area contributed by atoms with Gasteiger partial charge in [0, 0.05) is 0 Å². The first-order valence-electron chi connectivity index (χ1n) is 10.0. The van der Waals surface area contributed by atoms with Gasteiger partial charge in [0.1, 0.15) is 23.2 Å². The zero-order valence-corrected chi connectivity index (χ0v) is 17.0. The molecular weight excluding hydrogens is 343 g/mol. The molecule has 0 amide bonds. The Morgan fingerprint density at radius 1 is 0.556 bits per heavy atom. The van der Waals surface area contributed by atoms with E-state index in [0.29, 0.717) is 0 Å². The Labute approximate surface area is 165 Å². The van der Waals surface area contributed by atoms with E-state index < -0.39 is 7.26 Å². The van der Waals surface area contributed by atoms with Crippen molar-refractivity contribution >= 4 is 23.2 Å². The monoisotopic (exact) mass is 373 g/mol.